The van der Waals surface area contributed by atoms with E-state index in [0.717, 1.165) is 17.1 Å². The predicted molar refractivity (Wildman–Crippen MR) is 74.4 cm³/mol. The van der Waals surface area contributed by atoms with Crippen LogP contribution < -0.4 is 5.73 Å². The summed E-state index contributed by atoms with van der Waals surface area (Å²) >= 11 is 1.80. The van der Waals surface area contributed by atoms with Crippen LogP contribution in [0.5, 0.6) is 0 Å². The number of thiazole rings is 1. The molecule has 2 N–H and O–H groups in total. The van der Waals surface area contributed by atoms with E-state index in [4.69, 9.17) is 10.7 Å². The first-order valence-corrected chi connectivity index (χ1v) is 6.79. The van der Waals surface area contributed by atoms with Crippen LogP contribution in [0.1, 0.15) is 29.7 Å². The van der Waals surface area contributed by atoms with E-state index >= 15 is 0 Å². The van der Waals surface area contributed by atoms with Crippen molar-refractivity contribution in [2.45, 2.75) is 26.2 Å². The number of benzene rings is 1. The maximum atomic E-state index is 5.60. The average Bonchev–Trinajstić information content (AvgIpc) is 2.75. The Labute approximate surface area is 107 Å². The zero-order valence-corrected chi connectivity index (χ0v) is 11.1. The third-order valence-corrected chi connectivity index (χ3v) is 4.04. The number of hydrogen-bond donors (Lipinski definition) is 1. The van der Waals surface area contributed by atoms with Gasteiger partial charge in [0.05, 0.1) is 10.7 Å². The van der Waals surface area contributed by atoms with Crippen molar-refractivity contribution < 1.29 is 0 Å². The summed E-state index contributed by atoms with van der Waals surface area (Å²) in [6.07, 6.45) is 0.872. The first kappa shape index (κ1) is 12.3. The van der Waals surface area contributed by atoms with Crippen LogP contribution in [0.15, 0.2) is 30.3 Å². The molecule has 17 heavy (non-hydrogen) atoms. The normalized spacial score (nSPS) is 11.1. The minimum atomic E-state index is 0.509. The van der Waals surface area contributed by atoms with Gasteiger partial charge in [-0.25, -0.2) is 4.98 Å². The molecule has 0 aliphatic rings. The van der Waals surface area contributed by atoms with Crippen LogP contribution in [0.2, 0.25) is 0 Å². The molecule has 90 valence electrons. The van der Waals surface area contributed by atoms with E-state index in [9.17, 15) is 0 Å². The SMILES string of the molecule is CC(C)c1sc(CCN)nc1-c1ccccc1. The van der Waals surface area contributed by atoms with Gasteiger partial charge in [-0.15, -0.1) is 11.3 Å². The van der Waals surface area contributed by atoms with Crippen LogP contribution in [-0.2, 0) is 6.42 Å². The Balaban J connectivity index is 2.44. The molecule has 0 amide bonds. The molecule has 3 heteroatoms. The molecule has 0 atom stereocenters. The van der Waals surface area contributed by atoms with Crippen LogP contribution >= 0.6 is 11.3 Å². The van der Waals surface area contributed by atoms with Crippen molar-refractivity contribution >= 4 is 11.3 Å². The Bertz CT molecular complexity index is 474. The standard InChI is InChI=1S/C14H18N2S/c1-10(2)14-13(11-6-4-3-5-7-11)16-12(17-14)8-9-15/h3-7,10H,8-9,15H2,1-2H3. The van der Waals surface area contributed by atoms with Gasteiger partial charge in [-0.05, 0) is 12.5 Å². The minimum absolute atomic E-state index is 0.509. The van der Waals surface area contributed by atoms with Gasteiger partial charge in [0, 0.05) is 16.9 Å². The summed E-state index contributed by atoms with van der Waals surface area (Å²) in [5.41, 5.74) is 7.94. The zero-order chi connectivity index (χ0) is 12.3. The Morgan fingerprint density at radius 2 is 1.94 bits per heavy atom. The third-order valence-electron chi connectivity index (χ3n) is 2.63. The van der Waals surface area contributed by atoms with Crippen molar-refractivity contribution in [2.75, 3.05) is 6.54 Å². The van der Waals surface area contributed by atoms with Crippen molar-refractivity contribution in [3.05, 3.63) is 40.2 Å². The van der Waals surface area contributed by atoms with Gasteiger partial charge in [0.15, 0.2) is 0 Å². The molecule has 0 bridgehead atoms. The molecule has 0 saturated heterocycles. The Kier molecular flexibility index (Phi) is 3.92. The minimum Gasteiger partial charge on any atom is -0.330 e. The number of nitrogens with zero attached hydrogens (tertiary/aromatic N) is 1. The van der Waals surface area contributed by atoms with Crippen molar-refractivity contribution in [2.24, 2.45) is 5.73 Å². The highest BCUT2D eigenvalue weighted by Crippen LogP contribution is 2.33. The average molecular weight is 246 g/mol. The van der Waals surface area contributed by atoms with E-state index in [-0.39, 0.29) is 0 Å². The highest BCUT2D eigenvalue weighted by molar-refractivity contribution is 7.12. The molecule has 0 radical (unpaired) electrons. The summed E-state index contributed by atoms with van der Waals surface area (Å²) < 4.78 is 0. The van der Waals surface area contributed by atoms with E-state index in [2.05, 4.69) is 38.1 Å². The van der Waals surface area contributed by atoms with Gasteiger partial charge in [0.25, 0.3) is 0 Å². The maximum absolute atomic E-state index is 5.60. The molecule has 0 aliphatic carbocycles. The molecule has 1 aromatic heterocycles. The first-order chi connectivity index (χ1) is 8.22. The van der Waals surface area contributed by atoms with Crippen LogP contribution in [-0.4, -0.2) is 11.5 Å². The van der Waals surface area contributed by atoms with E-state index in [0.29, 0.717) is 12.5 Å². The van der Waals surface area contributed by atoms with Gasteiger partial charge in [-0.3, -0.25) is 0 Å². The largest absolute Gasteiger partial charge is 0.330 e. The molecule has 0 aliphatic heterocycles. The lowest BCUT2D eigenvalue weighted by Gasteiger charge is -2.04. The van der Waals surface area contributed by atoms with Crippen LogP contribution in [0.3, 0.4) is 0 Å². The van der Waals surface area contributed by atoms with Crippen molar-refractivity contribution in [3.63, 3.8) is 0 Å². The van der Waals surface area contributed by atoms with Gasteiger partial charge < -0.3 is 5.73 Å². The van der Waals surface area contributed by atoms with Gasteiger partial charge in [-0.2, -0.15) is 0 Å². The number of nitrogens with two attached hydrogens (primary N) is 1. The smallest absolute Gasteiger partial charge is 0.0948 e. The molecule has 1 heterocycles. The molecule has 0 fully saturated rings. The molecule has 2 aromatic rings. The monoisotopic (exact) mass is 246 g/mol. The number of aromatic nitrogens is 1. The third kappa shape index (κ3) is 2.73. The fourth-order valence-electron chi connectivity index (χ4n) is 1.80. The van der Waals surface area contributed by atoms with E-state index in [1.54, 1.807) is 11.3 Å². The van der Waals surface area contributed by atoms with Crippen LogP contribution in [0, 0.1) is 0 Å². The molecular weight excluding hydrogens is 228 g/mol. The lowest BCUT2D eigenvalue weighted by atomic mass is 10.1. The Morgan fingerprint density at radius 3 is 2.53 bits per heavy atom. The van der Waals surface area contributed by atoms with Gasteiger partial charge in [-0.1, -0.05) is 44.2 Å². The molecule has 0 unspecified atom stereocenters. The van der Waals surface area contributed by atoms with E-state index in [1.165, 1.54) is 10.4 Å². The molecule has 0 spiro atoms. The van der Waals surface area contributed by atoms with Crippen LogP contribution in [0.4, 0.5) is 0 Å². The molecule has 0 saturated carbocycles. The predicted octanol–water partition coefficient (Wildman–Crippen LogP) is 3.43. The quantitative estimate of drug-likeness (QED) is 0.897. The summed E-state index contributed by atoms with van der Waals surface area (Å²) in [6.45, 7) is 5.09. The lowest BCUT2D eigenvalue weighted by Crippen LogP contribution is -2.01. The maximum Gasteiger partial charge on any atom is 0.0948 e. The van der Waals surface area contributed by atoms with Crippen molar-refractivity contribution in [1.29, 1.82) is 0 Å². The second-order valence-corrected chi connectivity index (χ2v) is 5.50. The second-order valence-electron chi connectivity index (χ2n) is 4.38. The topological polar surface area (TPSA) is 38.9 Å². The molecule has 2 rings (SSSR count). The summed E-state index contributed by atoms with van der Waals surface area (Å²) in [4.78, 5) is 6.09. The number of hydrogen-bond acceptors (Lipinski definition) is 3. The van der Waals surface area contributed by atoms with E-state index in [1.807, 2.05) is 6.07 Å². The second kappa shape index (κ2) is 5.43. The van der Waals surface area contributed by atoms with E-state index < -0.39 is 0 Å². The van der Waals surface area contributed by atoms with Gasteiger partial charge in [0.1, 0.15) is 0 Å². The lowest BCUT2D eigenvalue weighted by molar-refractivity contribution is 0.887. The fraction of sp³-hybridized carbons (Fsp3) is 0.357. The summed E-state index contributed by atoms with van der Waals surface area (Å²) in [5, 5.41) is 1.15. The fourth-order valence-corrected chi connectivity index (χ4v) is 2.91. The van der Waals surface area contributed by atoms with Gasteiger partial charge >= 0.3 is 0 Å². The van der Waals surface area contributed by atoms with Crippen molar-refractivity contribution in [1.82, 2.24) is 4.98 Å². The molecule has 2 nitrogen and oxygen atoms in total. The summed E-state index contributed by atoms with van der Waals surface area (Å²) in [5.74, 6) is 0.509. The summed E-state index contributed by atoms with van der Waals surface area (Å²) in [6, 6.07) is 10.4. The molecular formula is C14H18N2S. The first-order valence-electron chi connectivity index (χ1n) is 5.97. The van der Waals surface area contributed by atoms with Crippen molar-refractivity contribution in [3.8, 4) is 11.3 Å². The number of rotatable bonds is 4. The van der Waals surface area contributed by atoms with Gasteiger partial charge in [0.2, 0.25) is 0 Å². The highest BCUT2D eigenvalue weighted by atomic mass is 32.1. The summed E-state index contributed by atoms with van der Waals surface area (Å²) in [7, 11) is 0. The molecule has 1 aromatic carbocycles. The highest BCUT2D eigenvalue weighted by Gasteiger charge is 2.14. The zero-order valence-electron chi connectivity index (χ0n) is 10.3. The Hall–Kier alpha value is -1.19. The van der Waals surface area contributed by atoms with Crippen LogP contribution in [0.25, 0.3) is 11.3 Å². The Morgan fingerprint density at radius 1 is 1.24 bits per heavy atom.